The maximum absolute atomic E-state index is 10.2. The van der Waals surface area contributed by atoms with Crippen LogP contribution in [0.3, 0.4) is 0 Å². The average Bonchev–Trinajstić information content (AvgIpc) is 2.84. The Bertz CT molecular complexity index is 403. The van der Waals surface area contributed by atoms with Crippen molar-refractivity contribution in [2.75, 3.05) is 0 Å². The summed E-state index contributed by atoms with van der Waals surface area (Å²) in [5.41, 5.74) is 0.406. The molecule has 0 N–H and O–H groups in total. The van der Waals surface area contributed by atoms with Gasteiger partial charge in [-0.25, -0.2) is 9.78 Å². The van der Waals surface area contributed by atoms with Crippen molar-refractivity contribution in [3.8, 4) is 0 Å². The molecule has 0 amide bonds. The monoisotopic (exact) mass is 228 g/mol. The Morgan fingerprint density at radius 3 is 2.36 bits per heavy atom. The van der Waals surface area contributed by atoms with Crippen LogP contribution in [0.25, 0.3) is 0 Å². The third kappa shape index (κ3) is 1.67. The number of isocyanates is 1. The molecule has 1 aromatic heterocycles. The number of hydrogen-bond donors (Lipinski definition) is 0. The quantitative estimate of drug-likeness (QED) is 0.444. The molecule has 0 aromatic carbocycles. The molecule has 0 radical (unpaired) electrons. The summed E-state index contributed by atoms with van der Waals surface area (Å²) in [6.07, 6.45) is 3.24. The molecule has 2 rings (SSSR count). The second-order valence-electron chi connectivity index (χ2n) is 3.24. The van der Waals surface area contributed by atoms with Crippen LogP contribution >= 0.6 is 23.2 Å². The van der Waals surface area contributed by atoms with Crippen LogP contribution in [-0.2, 0) is 10.3 Å². The van der Waals surface area contributed by atoms with E-state index in [1.54, 1.807) is 18.2 Å². The van der Waals surface area contributed by atoms with E-state index in [-0.39, 0.29) is 0 Å². The molecule has 72 valence electrons. The van der Waals surface area contributed by atoms with Crippen LogP contribution in [0.5, 0.6) is 0 Å². The summed E-state index contributed by atoms with van der Waals surface area (Å²) in [5.74, 6) is 0. The number of aromatic nitrogens is 1. The van der Waals surface area contributed by atoms with Gasteiger partial charge in [0, 0.05) is 0 Å². The molecular weight excluding hydrogens is 223 g/mol. The molecule has 0 spiro atoms. The highest BCUT2D eigenvalue weighted by Gasteiger charge is 2.45. The molecule has 1 saturated carbocycles. The van der Waals surface area contributed by atoms with E-state index in [1.807, 2.05) is 0 Å². The first-order chi connectivity index (χ1) is 6.66. The molecule has 0 unspecified atom stereocenters. The lowest BCUT2D eigenvalue weighted by molar-refractivity contribution is 0.556. The minimum absolute atomic E-state index is 0.319. The van der Waals surface area contributed by atoms with Gasteiger partial charge in [-0.1, -0.05) is 23.2 Å². The minimum atomic E-state index is -0.433. The zero-order chi connectivity index (χ0) is 10.2. The van der Waals surface area contributed by atoms with E-state index >= 15 is 0 Å². The molecule has 1 aromatic rings. The third-order valence-corrected chi connectivity index (χ3v) is 2.67. The molecule has 3 nitrogen and oxygen atoms in total. The molecule has 0 atom stereocenters. The Labute approximate surface area is 90.8 Å². The van der Waals surface area contributed by atoms with Crippen LogP contribution in [0.2, 0.25) is 10.3 Å². The highest BCUT2D eigenvalue weighted by atomic mass is 35.5. The summed E-state index contributed by atoms with van der Waals surface area (Å²) in [6.45, 7) is 0. The highest BCUT2D eigenvalue weighted by molar-refractivity contribution is 6.32. The van der Waals surface area contributed by atoms with Crippen LogP contribution in [0.1, 0.15) is 18.4 Å². The van der Waals surface area contributed by atoms with Crippen LogP contribution in [0.15, 0.2) is 17.1 Å². The molecule has 0 bridgehead atoms. The fourth-order valence-corrected chi connectivity index (χ4v) is 1.86. The number of aliphatic imine (C=N–C) groups is 1. The molecule has 1 aliphatic rings. The van der Waals surface area contributed by atoms with Gasteiger partial charge >= 0.3 is 0 Å². The Morgan fingerprint density at radius 1 is 1.36 bits per heavy atom. The molecule has 0 aliphatic heterocycles. The van der Waals surface area contributed by atoms with Crippen molar-refractivity contribution in [2.45, 2.75) is 18.4 Å². The van der Waals surface area contributed by atoms with E-state index in [0.29, 0.717) is 10.3 Å². The lowest BCUT2D eigenvalue weighted by atomic mass is 10.1. The van der Waals surface area contributed by atoms with Crippen molar-refractivity contribution >= 4 is 29.3 Å². The van der Waals surface area contributed by atoms with Gasteiger partial charge in [0.05, 0.1) is 5.54 Å². The fourth-order valence-electron chi connectivity index (χ4n) is 1.40. The average molecular weight is 229 g/mol. The smallest absolute Gasteiger partial charge is 0.224 e. The topological polar surface area (TPSA) is 42.3 Å². The zero-order valence-corrected chi connectivity index (χ0v) is 8.64. The minimum Gasteiger partial charge on any atom is -0.224 e. The first kappa shape index (κ1) is 9.66. The largest absolute Gasteiger partial charge is 0.235 e. The van der Waals surface area contributed by atoms with Gasteiger partial charge in [-0.15, -0.1) is 0 Å². The summed E-state index contributed by atoms with van der Waals surface area (Å²) in [7, 11) is 0. The SMILES string of the molecule is O=C=NC1(c2cc(Cl)nc(Cl)c2)CC1. The lowest BCUT2D eigenvalue weighted by Gasteiger charge is -2.07. The molecule has 0 saturated heterocycles. The van der Waals surface area contributed by atoms with E-state index in [4.69, 9.17) is 23.2 Å². The number of hydrogen-bond acceptors (Lipinski definition) is 3. The van der Waals surface area contributed by atoms with Gasteiger partial charge in [0.15, 0.2) is 0 Å². The van der Waals surface area contributed by atoms with Crippen molar-refractivity contribution < 1.29 is 4.79 Å². The zero-order valence-electron chi connectivity index (χ0n) is 7.13. The second kappa shape index (κ2) is 3.35. The lowest BCUT2D eigenvalue weighted by Crippen LogP contribution is -2.02. The van der Waals surface area contributed by atoms with Gasteiger partial charge in [-0.2, -0.15) is 4.99 Å². The van der Waals surface area contributed by atoms with Crippen LogP contribution < -0.4 is 0 Å². The van der Waals surface area contributed by atoms with Crippen molar-refractivity contribution in [3.05, 3.63) is 28.0 Å². The summed E-state index contributed by atoms with van der Waals surface area (Å²) in [4.78, 5) is 17.8. The predicted molar refractivity (Wildman–Crippen MR) is 53.3 cm³/mol. The van der Waals surface area contributed by atoms with Crippen molar-refractivity contribution in [1.82, 2.24) is 4.98 Å². The van der Waals surface area contributed by atoms with Gasteiger partial charge in [-0.3, -0.25) is 0 Å². The Morgan fingerprint density at radius 2 is 1.93 bits per heavy atom. The summed E-state index contributed by atoms with van der Waals surface area (Å²) >= 11 is 11.5. The number of rotatable bonds is 2. The molecule has 1 heterocycles. The fraction of sp³-hybridized carbons (Fsp3) is 0.333. The summed E-state index contributed by atoms with van der Waals surface area (Å²) < 4.78 is 0. The molecule has 1 fully saturated rings. The Hall–Kier alpha value is -0.890. The van der Waals surface area contributed by atoms with Gasteiger partial charge in [-0.05, 0) is 30.5 Å². The van der Waals surface area contributed by atoms with E-state index < -0.39 is 5.54 Å². The molecular formula is C9H6Cl2N2O. The van der Waals surface area contributed by atoms with Crippen molar-refractivity contribution in [3.63, 3.8) is 0 Å². The van der Waals surface area contributed by atoms with E-state index in [0.717, 1.165) is 18.4 Å². The number of nitrogens with zero attached hydrogens (tertiary/aromatic N) is 2. The third-order valence-electron chi connectivity index (χ3n) is 2.28. The maximum Gasteiger partial charge on any atom is 0.235 e. The first-order valence-electron chi connectivity index (χ1n) is 4.09. The van der Waals surface area contributed by atoms with Crippen molar-refractivity contribution in [2.24, 2.45) is 4.99 Å². The van der Waals surface area contributed by atoms with Gasteiger partial charge < -0.3 is 0 Å². The molecule has 1 aliphatic carbocycles. The van der Waals surface area contributed by atoms with E-state index in [1.165, 1.54) is 0 Å². The molecule has 14 heavy (non-hydrogen) atoms. The van der Waals surface area contributed by atoms with Crippen molar-refractivity contribution in [1.29, 1.82) is 0 Å². The van der Waals surface area contributed by atoms with Gasteiger partial charge in [0.1, 0.15) is 10.3 Å². The Balaban J connectivity index is 2.46. The Kier molecular flexibility index (Phi) is 2.31. The normalized spacial score (nSPS) is 17.3. The number of halogens is 2. The van der Waals surface area contributed by atoms with Gasteiger partial charge in [0.2, 0.25) is 6.08 Å². The number of pyridine rings is 1. The summed E-state index contributed by atoms with van der Waals surface area (Å²) in [6, 6.07) is 3.36. The standard InChI is InChI=1S/C9H6Cl2N2O/c10-7-3-6(4-8(11)13-7)9(1-2-9)12-5-14/h3-4H,1-2H2. The molecule has 5 heteroatoms. The predicted octanol–water partition coefficient (Wildman–Crippen LogP) is 2.71. The van der Waals surface area contributed by atoms with Crippen LogP contribution in [0, 0.1) is 0 Å². The van der Waals surface area contributed by atoms with Crippen LogP contribution in [-0.4, -0.2) is 11.1 Å². The van der Waals surface area contributed by atoms with E-state index in [2.05, 4.69) is 9.98 Å². The second-order valence-corrected chi connectivity index (χ2v) is 4.01. The van der Waals surface area contributed by atoms with Crippen LogP contribution in [0.4, 0.5) is 0 Å². The maximum atomic E-state index is 10.2. The van der Waals surface area contributed by atoms with E-state index in [9.17, 15) is 4.79 Å². The van der Waals surface area contributed by atoms with Gasteiger partial charge in [0.25, 0.3) is 0 Å². The summed E-state index contributed by atoms with van der Waals surface area (Å²) in [5, 5.41) is 0.639. The highest BCUT2D eigenvalue weighted by Crippen LogP contribution is 2.49. The number of carbonyl (C=O) groups excluding carboxylic acids is 1. The first-order valence-corrected chi connectivity index (χ1v) is 4.84.